The highest BCUT2D eigenvalue weighted by molar-refractivity contribution is 5.41. The quantitative estimate of drug-likeness (QED) is 0.941. The Morgan fingerprint density at radius 2 is 1.86 bits per heavy atom. The molecule has 110 valence electrons. The van der Waals surface area contributed by atoms with Gasteiger partial charge in [0, 0.05) is 23.5 Å². The lowest BCUT2D eigenvalue weighted by atomic mass is 9.94. The second kappa shape index (κ2) is 5.86. The molecule has 1 aliphatic carbocycles. The Hall–Kier alpha value is -1.87. The van der Waals surface area contributed by atoms with Gasteiger partial charge in [-0.05, 0) is 61.4 Å². The van der Waals surface area contributed by atoms with Gasteiger partial charge in [-0.15, -0.1) is 0 Å². The van der Waals surface area contributed by atoms with Crippen molar-refractivity contribution in [1.29, 1.82) is 0 Å². The summed E-state index contributed by atoms with van der Waals surface area (Å²) in [5, 5.41) is 0. The number of aryl methyl sites for hydroxylation is 2. The van der Waals surface area contributed by atoms with Crippen LogP contribution in [-0.4, -0.2) is 4.57 Å². The maximum absolute atomic E-state index is 12.7. The van der Waals surface area contributed by atoms with Crippen molar-refractivity contribution in [2.45, 2.75) is 45.6 Å². The van der Waals surface area contributed by atoms with Gasteiger partial charge in [-0.3, -0.25) is 9.36 Å². The molecule has 0 amide bonds. The van der Waals surface area contributed by atoms with Gasteiger partial charge in [0.1, 0.15) is 0 Å². The standard InChI is InChI=1S/C18H22N2O/c1-2-13-7-9-16(10-8-13)20-17-6-4-3-5-14(17)11-15(12-19)18(20)21/h7-11H,2-6,12,19H2,1H3. The molecule has 0 bridgehead atoms. The van der Waals surface area contributed by atoms with E-state index in [4.69, 9.17) is 5.73 Å². The number of pyridine rings is 1. The normalized spacial score (nSPS) is 14.0. The number of rotatable bonds is 3. The Kier molecular flexibility index (Phi) is 3.93. The molecule has 3 heteroatoms. The van der Waals surface area contributed by atoms with E-state index in [1.807, 2.05) is 10.6 Å². The monoisotopic (exact) mass is 282 g/mol. The zero-order valence-corrected chi connectivity index (χ0v) is 12.6. The van der Waals surface area contributed by atoms with Gasteiger partial charge in [0.25, 0.3) is 5.56 Å². The average Bonchev–Trinajstić information content (AvgIpc) is 2.54. The molecular weight excluding hydrogens is 260 g/mol. The summed E-state index contributed by atoms with van der Waals surface area (Å²) in [6.45, 7) is 2.44. The summed E-state index contributed by atoms with van der Waals surface area (Å²) in [6.07, 6.45) is 5.39. The van der Waals surface area contributed by atoms with E-state index in [1.54, 1.807) is 0 Å². The second-order valence-corrected chi connectivity index (χ2v) is 5.71. The van der Waals surface area contributed by atoms with Gasteiger partial charge < -0.3 is 5.73 Å². The molecule has 0 saturated carbocycles. The smallest absolute Gasteiger partial charge is 0.259 e. The predicted octanol–water partition coefficient (Wildman–Crippen LogP) is 2.74. The van der Waals surface area contributed by atoms with Gasteiger partial charge in [-0.2, -0.15) is 0 Å². The van der Waals surface area contributed by atoms with Crippen LogP contribution in [0.25, 0.3) is 5.69 Å². The van der Waals surface area contributed by atoms with Crippen molar-refractivity contribution in [3.8, 4) is 5.69 Å². The third kappa shape index (κ3) is 2.54. The fourth-order valence-electron chi connectivity index (χ4n) is 3.16. The molecule has 0 unspecified atom stereocenters. The minimum Gasteiger partial charge on any atom is -0.326 e. The molecule has 2 aromatic rings. The van der Waals surface area contributed by atoms with Crippen LogP contribution in [0.15, 0.2) is 35.1 Å². The SMILES string of the molecule is CCc1ccc(-n2c3c(cc(CN)c2=O)CCCC3)cc1. The third-order valence-electron chi connectivity index (χ3n) is 4.40. The molecule has 3 rings (SSSR count). The Labute approximate surface area is 125 Å². The van der Waals surface area contributed by atoms with E-state index in [0.29, 0.717) is 6.54 Å². The molecule has 1 heterocycles. The van der Waals surface area contributed by atoms with Gasteiger partial charge in [0.2, 0.25) is 0 Å². The van der Waals surface area contributed by atoms with Crippen LogP contribution < -0.4 is 11.3 Å². The average molecular weight is 282 g/mol. The van der Waals surface area contributed by atoms with Crippen molar-refractivity contribution in [3.05, 3.63) is 63.1 Å². The van der Waals surface area contributed by atoms with Gasteiger partial charge in [-0.25, -0.2) is 0 Å². The van der Waals surface area contributed by atoms with Crippen molar-refractivity contribution >= 4 is 0 Å². The third-order valence-corrected chi connectivity index (χ3v) is 4.40. The number of nitrogens with two attached hydrogens (primary N) is 1. The summed E-state index contributed by atoms with van der Waals surface area (Å²) >= 11 is 0. The van der Waals surface area contributed by atoms with Crippen LogP contribution in [0, 0.1) is 0 Å². The van der Waals surface area contributed by atoms with Crippen LogP contribution >= 0.6 is 0 Å². The van der Waals surface area contributed by atoms with E-state index in [2.05, 4.69) is 31.2 Å². The molecule has 21 heavy (non-hydrogen) atoms. The van der Waals surface area contributed by atoms with Crippen molar-refractivity contribution < 1.29 is 0 Å². The Balaban J connectivity index is 2.21. The van der Waals surface area contributed by atoms with Crippen molar-refractivity contribution in [1.82, 2.24) is 4.57 Å². The Morgan fingerprint density at radius 1 is 1.14 bits per heavy atom. The van der Waals surface area contributed by atoms with Crippen molar-refractivity contribution in [3.63, 3.8) is 0 Å². The maximum atomic E-state index is 12.7. The number of aromatic nitrogens is 1. The number of hydrogen-bond acceptors (Lipinski definition) is 2. The number of fused-ring (bicyclic) bond motifs is 1. The molecule has 2 N–H and O–H groups in total. The largest absolute Gasteiger partial charge is 0.326 e. The fourth-order valence-corrected chi connectivity index (χ4v) is 3.16. The lowest BCUT2D eigenvalue weighted by Crippen LogP contribution is -2.29. The van der Waals surface area contributed by atoms with Crippen LogP contribution in [-0.2, 0) is 25.8 Å². The molecule has 3 nitrogen and oxygen atoms in total. The first kappa shape index (κ1) is 14.1. The Morgan fingerprint density at radius 3 is 2.52 bits per heavy atom. The fraction of sp³-hybridized carbons (Fsp3) is 0.389. The number of hydrogen-bond donors (Lipinski definition) is 1. The summed E-state index contributed by atoms with van der Waals surface area (Å²) in [5.74, 6) is 0. The number of benzene rings is 1. The molecule has 0 atom stereocenters. The lowest BCUT2D eigenvalue weighted by molar-refractivity contribution is 0.640. The lowest BCUT2D eigenvalue weighted by Gasteiger charge is -2.22. The van der Waals surface area contributed by atoms with Gasteiger partial charge in [0.15, 0.2) is 0 Å². The van der Waals surface area contributed by atoms with Gasteiger partial charge in [-0.1, -0.05) is 19.1 Å². The highest BCUT2D eigenvalue weighted by Crippen LogP contribution is 2.23. The van der Waals surface area contributed by atoms with Crippen LogP contribution in [0.1, 0.15) is 42.1 Å². The molecule has 0 aliphatic heterocycles. The predicted molar refractivity (Wildman–Crippen MR) is 86.0 cm³/mol. The highest BCUT2D eigenvalue weighted by atomic mass is 16.1. The zero-order valence-electron chi connectivity index (χ0n) is 12.6. The van der Waals surface area contributed by atoms with Crippen molar-refractivity contribution in [2.75, 3.05) is 0 Å². The first-order valence-electron chi connectivity index (χ1n) is 7.80. The molecule has 1 aromatic carbocycles. The van der Waals surface area contributed by atoms with Gasteiger partial charge in [0.05, 0.1) is 0 Å². The topological polar surface area (TPSA) is 48.0 Å². The van der Waals surface area contributed by atoms with E-state index in [0.717, 1.165) is 36.9 Å². The minimum absolute atomic E-state index is 0.0439. The van der Waals surface area contributed by atoms with Crippen LogP contribution in [0.3, 0.4) is 0 Å². The van der Waals surface area contributed by atoms with E-state index in [1.165, 1.54) is 23.2 Å². The molecule has 1 aliphatic rings. The molecule has 1 aromatic heterocycles. The van der Waals surface area contributed by atoms with E-state index in [-0.39, 0.29) is 5.56 Å². The van der Waals surface area contributed by atoms with E-state index in [9.17, 15) is 4.79 Å². The second-order valence-electron chi connectivity index (χ2n) is 5.71. The summed E-state index contributed by atoms with van der Waals surface area (Å²) in [6, 6.07) is 10.3. The minimum atomic E-state index is 0.0439. The summed E-state index contributed by atoms with van der Waals surface area (Å²) in [4.78, 5) is 12.7. The first-order valence-corrected chi connectivity index (χ1v) is 7.80. The van der Waals surface area contributed by atoms with E-state index >= 15 is 0 Å². The van der Waals surface area contributed by atoms with Gasteiger partial charge >= 0.3 is 0 Å². The molecule has 0 radical (unpaired) electrons. The van der Waals surface area contributed by atoms with Crippen molar-refractivity contribution in [2.24, 2.45) is 5.73 Å². The van der Waals surface area contributed by atoms with E-state index < -0.39 is 0 Å². The van der Waals surface area contributed by atoms with Crippen LogP contribution in [0.5, 0.6) is 0 Å². The summed E-state index contributed by atoms with van der Waals surface area (Å²) in [7, 11) is 0. The molecule has 0 spiro atoms. The molecule has 0 saturated heterocycles. The first-order chi connectivity index (χ1) is 10.2. The zero-order chi connectivity index (χ0) is 14.8. The Bertz CT molecular complexity index is 698. The summed E-state index contributed by atoms with van der Waals surface area (Å²) in [5.41, 5.74) is 11.2. The summed E-state index contributed by atoms with van der Waals surface area (Å²) < 4.78 is 1.89. The van der Waals surface area contributed by atoms with Crippen LogP contribution in [0.2, 0.25) is 0 Å². The highest BCUT2D eigenvalue weighted by Gasteiger charge is 2.18. The molecular formula is C18H22N2O. The van der Waals surface area contributed by atoms with Crippen LogP contribution in [0.4, 0.5) is 0 Å². The molecule has 0 fully saturated rings. The number of nitrogens with zero attached hydrogens (tertiary/aromatic N) is 1. The maximum Gasteiger partial charge on any atom is 0.259 e.